The summed E-state index contributed by atoms with van der Waals surface area (Å²) < 4.78 is 0. The second-order valence-corrected chi connectivity index (χ2v) is 5.05. The van der Waals surface area contributed by atoms with Crippen molar-refractivity contribution in [2.75, 3.05) is 6.54 Å². The predicted octanol–water partition coefficient (Wildman–Crippen LogP) is 2.91. The molecule has 0 heterocycles. The Morgan fingerprint density at radius 3 is 2.47 bits per heavy atom. The van der Waals surface area contributed by atoms with Crippen molar-refractivity contribution in [1.29, 1.82) is 0 Å². The summed E-state index contributed by atoms with van der Waals surface area (Å²) >= 11 is 0. The lowest BCUT2D eigenvalue weighted by atomic mass is 9.89. The van der Waals surface area contributed by atoms with E-state index in [1.165, 1.54) is 0 Å². The van der Waals surface area contributed by atoms with Gasteiger partial charge in [-0.3, -0.25) is 4.79 Å². The molecular weight excluding hydrogens is 234 g/mol. The van der Waals surface area contributed by atoms with E-state index in [1.54, 1.807) is 0 Å². The Kier molecular flexibility index (Phi) is 3.18. The summed E-state index contributed by atoms with van der Waals surface area (Å²) in [6, 6.07) is 15.9. The second kappa shape index (κ2) is 4.98. The van der Waals surface area contributed by atoms with Crippen LogP contribution in [0.3, 0.4) is 0 Å². The predicted molar refractivity (Wildman–Crippen MR) is 76.4 cm³/mol. The van der Waals surface area contributed by atoms with Crippen LogP contribution in [0.1, 0.15) is 39.4 Å². The summed E-state index contributed by atoms with van der Waals surface area (Å²) in [4.78, 5) is 12.6. The normalized spacial score (nSPS) is 17.5. The van der Waals surface area contributed by atoms with Crippen molar-refractivity contribution >= 4 is 5.78 Å². The highest BCUT2D eigenvalue weighted by Gasteiger charge is 2.26. The Hall–Kier alpha value is -1.93. The molecule has 2 heteroatoms. The topological polar surface area (TPSA) is 43.1 Å². The summed E-state index contributed by atoms with van der Waals surface area (Å²) in [7, 11) is 0. The molecule has 2 nitrogen and oxygen atoms in total. The smallest absolute Gasteiger partial charge is 0.193 e. The number of ketones is 1. The van der Waals surface area contributed by atoms with Crippen LogP contribution in [0.5, 0.6) is 0 Å². The maximum absolute atomic E-state index is 12.6. The number of hydrogen-bond acceptors (Lipinski definition) is 2. The van der Waals surface area contributed by atoms with Crippen LogP contribution in [-0.4, -0.2) is 12.3 Å². The molecule has 0 bridgehead atoms. The van der Waals surface area contributed by atoms with E-state index < -0.39 is 0 Å². The van der Waals surface area contributed by atoms with Crippen LogP contribution in [0.15, 0.2) is 48.5 Å². The minimum Gasteiger partial charge on any atom is -0.330 e. The lowest BCUT2D eigenvalue weighted by Crippen LogP contribution is -2.10. The molecule has 0 spiro atoms. The first-order valence-electron chi connectivity index (χ1n) is 6.73. The van der Waals surface area contributed by atoms with Crippen LogP contribution in [0.2, 0.25) is 0 Å². The zero-order valence-corrected chi connectivity index (χ0v) is 10.8. The molecule has 1 unspecified atom stereocenters. The summed E-state index contributed by atoms with van der Waals surface area (Å²) in [5, 5.41) is 0. The van der Waals surface area contributed by atoms with Crippen molar-refractivity contribution in [3.63, 3.8) is 0 Å². The van der Waals surface area contributed by atoms with Crippen molar-refractivity contribution in [2.45, 2.75) is 18.8 Å². The highest BCUT2D eigenvalue weighted by Crippen LogP contribution is 2.33. The van der Waals surface area contributed by atoms with Gasteiger partial charge in [0.15, 0.2) is 5.78 Å². The van der Waals surface area contributed by atoms with Crippen molar-refractivity contribution in [1.82, 2.24) is 0 Å². The minimum atomic E-state index is 0.144. The maximum atomic E-state index is 12.6. The molecule has 96 valence electrons. The number of benzene rings is 2. The van der Waals surface area contributed by atoms with Crippen LogP contribution in [0, 0.1) is 0 Å². The molecule has 0 saturated heterocycles. The third-order valence-corrected chi connectivity index (χ3v) is 3.89. The van der Waals surface area contributed by atoms with E-state index in [0.717, 1.165) is 35.1 Å². The fourth-order valence-corrected chi connectivity index (χ4v) is 2.96. The number of carbonyl (C=O) groups is 1. The van der Waals surface area contributed by atoms with Gasteiger partial charge in [-0.15, -0.1) is 0 Å². The molecule has 19 heavy (non-hydrogen) atoms. The van der Waals surface area contributed by atoms with Gasteiger partial charge >= 0.3 is 0 Å². The van der Waals surface area contributed by atoms with Gasteiger partial charge < -0.3 is 5.73 Å². The summed E-state index contributed by atoms with van der Waals surface area (Å²) in [5.74, 6) is 0.486. The van der Waals surface area contributed by atoms with Gasteiger partial charge in [0.2, 0.25) is 0 Å². The highest BCUT2D eigenvalue weighted by atomic mass is 16.1. The average Bonchev–Trinajstić information content (AvgIpc) is 2.57. The summed E-state index contributed by atoms with van der Waals surface area (Å²) in [6.07, 6.45) is 1.81. The van der Waals surface area contributed by atoms with Crippen LogP contribution in [0.25, 0.3) is 0 Å². The van der Waals surface area contributed by atoms with Gasteiger partial charge in [0.05, 0.1) is 0 Å². The van der Waals surface area contributed by atoms with Crippen molar-refractivity contribution in [3.8, 4) is 0 Å². The van der Waals surface area contributed by atoms with Crippen LogP contribution < -0.4 is 5.73 Å². The van der Waals surface area contributed by atoms with Crippen LogP contribution in [0.4, 0.5) is 0 Å². The quantitative estimate of drug-likeness (QED) is 0.891. The van der Waals surface area contributed by atoms with Gasteiger partial charge in [-0.05, 0) is 36.4 Å². The number of nitrogens with two attached hydrogens (primary N) is 1. The molecule has 1 atom stereocenters. The van der Waals surface area contributed by atoms with Gasteiger partial charge in [0, 0.05) is 11.1 Å². The lowest BCUT2D eigenvalue weighted by Gasteiger charge is -2.16. The monoisotopic (exact) mass is 251 g/mol. The van der Waals surface area contributed by atoms with Crippen LogP contribution >= 0.6 is 0 Å². The Morgan fingerprint density at radius 1 is 1.00 bits per heavy atom. The molecule has 0 radical (unpaired) electrons. The number of carbonyl (C=O) groups excluding carboxylic acids is 1. The van der Waals surface area contributed by atoms with E-state index in [4.69, 9.17) is 5.73 Å². The second-order valence-electron chi connectivity index (χ2n) is 5.05. The molecule has 0 aromatic heterocycles. The highest BCUT2D eigenvalue weighted by molar-refractivity contribution is 6.11. The number of rotatable bonds is 2. The van der Waals surface area contributed by atoms with Crippen LogP contribution in [-0.2, 0) is 6.42 Å². The summed E-state index contributed by atoms with van der Waals surface area (Å²) in [6.45, 7) is 0.648. The number of fused-ring (bicyclic) bond motifs is 2. The van der Waals surface area contributed by atoms with E-state index in [9.17, 15) is 4.79 Å². The first-order valence-corrected chi connectivity index (χ1v) is 6.73. The fraction of sp³-hybridized carbons (Fsp3) is 0.235. The zero-order valence-electron chi connectivity index (χ0n) is 10.8. The van der Waals surface area contributed by atoms with E-state index in [-0.39, 0.29) is 5.78 Å². The van der Waals surface area contributed by atoms with Crippen molar-refractivity contribution < 1.29 is 4.79 Å². The standard InChI is InChI=1S/C17H17NO/c18-10-9-13-11-12-5-1-2-7-15(12)17(19)16-8-4-3-6-14(13)16/h1-8,13H,9-11,18H2. The molecule has 0 fully saturated rings. The van der Waals surface area contributed by atoms with Crippen molar-refractivity contribution in [3.05, 3.63) is 70.8 Å². The molecule has 1 aliphatic carbocycles. The van der Waals surface area contributed by atoms with E-state index in [2.05, 4.69) is 12.1 Å². The first kappa shape index (κ1) is 12.1. The fourth-order valence-electron chi connectivity index (χ4n) is 2.96. The Morgan fingerprint density at radius 2 is 1.68 bits per heavy atom. The minimum absolute atomic E-state index is 0.144. The van der Waals surface area contributed by atoms with E-state index in [0.29, 0.717) is 12.5 Å². The van der Waals surface area contributed by atoms with Gasteiger partial charge in [-0.2, -0.15) is 0 Å². The SMILES string of the molecule is NCCC1Cc2ccccc2C(=O)c2ccccc21. The molecule has 2 aromatic carbocycles. The van der Waals surface area contributed by atoms with Crippen molar-refractivity contribution in [2.24, 2.45) is 5.73 Å². The third-order valence-electron chi connectivity index (χ3n) is 3.89. The zero-order chi connectivity index (χ0) is 13.2. The molecule has 2 aromatic rings. The number of hydrogen-bond donors (Lipinski definition) is 1. The molecule has 2 N–H and O–H groups in total. The first-order chi connectivity index (χ1) is 9.31. The Labute approximate surface area is 113 Å². The molecule has 0 saturated carbocycles. The lowest BCUT2D eigenvalue weighted by molar-refractivity contribution is 0.103. The molecular formula is C17H17NO. The Balaban J connectivity index is 2.18. The Bertz CT molecular complexity index is 618. The average molecular weight is 251 g/mol. The van der Waals surface area contributed by atoms with E-state index in [1.807, 2.05) is 36.4 Å². The van der Waals surface area contributed by atoms with Gasteiger partial charge in [0.1, 0.15) is 0 Å². The van der Waals surface area contributed by atoms with E-state index >= 15 is 0 Å². The molecule has 0 amide bonds. The van der Waals surface area contributed by atoms with Gasteiger partial charge in [-0.25, -0.2) is 0 Å². The molecule has 0 aliphatic heterocycles. The van der Waals surface area contributed by atoms with Gasteiger partial charge in [-0.1, -0.05) is 48.5 Å². The largest absolute Gasteiger partial charge is 0.330 e. The maximum Gasteiger partial charge on any atom is 0.193 e. The molecule has 3 rings (SSSR count). The van der Waals surface area contributed by atoms with Gasteiger partial charge in [0.25, 0.3) is 0 Å². The summed E-state index contributed by atoms with van der Waals surface area (Å²) in [5.41, 5.74) is 9.71. The molecule has 1 aliphatic rings. The third kappa shape index (κ3) is 2.08.